The van der Waals surface area contributed by atoms with Gasteiger partial charge in [-0.3, -0.25) is 4.98 Å². The summed E-state index contributed by atoms with van der Waals surface area (Å²) in [6.45, 7) is 0. The molecule has 0 bridgehead atoms. The van der Waals surface area contributed by atoms with Gasteiger partial charge in [0.05, 0.1) is 16.9 Å². The van der Waals surface area contributed by atoms with Gasteiger partial charge in [-0.2, -0.15) is 0 Å². The van der Waals surface area contributed by atoms with Gasteiger partial charge in [-0.1, -0.05) is 11.6 Å². The first-order valence-corrected chi connectivity index (χ1v) is 8.15. The van der Waals surface area contributed by atoms with E-state index in [0.29, 0.717) is 23.1 Å². The molecule has 2 aromatic rings. The van der Waals surface area contributed by atoms with E-state index in [-0.39, 0.29) is 12.1 Å². The summed E-state index contributed by atoms with van der Waals surface area (Å²) < 4.78 is 5.10. The van der Waals surface area contributed by atoms with Gasteiger partial charge in [0.2, 0.25) is 5.95 Å². The van der Waals surface area contributed by atoms with Crippen LogP contribution in [0.5, 0.6) is 0 Å². The van der Waals surface area contributed by atoms with Gasteiger partial charge < -0.3 is 15.8 Å². The fraction of sp³-hybridized carbons (Fsp3) is 0.375. The number of pyridine rings is 1. The molecule has 0 saturated heterocycles. The molecule has 0 spiro atoms. The molecular weight excluding hydrogens is 330 g/mol. The predicted octanol–water partition coefficient (Wildman–Crippen LogP) is 3.01. The molecule has 2 atom stereocenters. The second-order valence-electron chi connectivity index (χ2n) is 5.70. The van der Waals surface area contributed by atoms with Gasteiger partial charge in [-0.15, -0.1) is 0 Å². The summed E-state index contributed by atoms with van der Waals surface area (Å²) >= 11 is 6.20. The van der Waals surface area contributed by atoms with E-state index in [2.05, 4.69) is 20.3 Å². The molecule has 1 saturated carbocycles. The second kappa shape index (κ2) is 7.44. The molecule has 24 heavy (non-hydrogen) atoms. The minimum absolute atomic E-state index is 0.117. The maximum Gasteiger partial charge on any atom is 0.404 e. The molecule has 1 fully saturated rings. The molecular formula is C16H18ClN5O2. The highest BCUT2D eigenvalue weighted by Crippen LogP contribution is 2.27. The number of carbonyl (C=O) groups excluding carboxylic acids is 1. The number of carbonyl (C=O) groups is 1. The number of rotatable bonds is 4. The van der Waals surface area contributed by atoms with Crippen LogP contribution in [0.1, 0.15) is 25.7 Å². The molecule has 126 valence electrons. The average Bonchev–Trinajstić information content (AvgIpc) is 2.57. The van der Waals surface area contributed by atoms with Gasteiger partial charge in [0.15, 0.2) is 0 Å². The molecule has 1 amide bonds. The molecule has 1 aliphatic rings. The van der Waals surface area contributed by atoms with Crippen molar-refractivity contribution in [3.63, 3.8) is 0 Å². The Balaban J connectivity index is 1.72. The summed E-state index contributed by atoms with van der Waals surface area (Å²) in [6.07, 6.45) is 7.46. The number of anilines is 1. The Morgan fingerprint density at radius 1 is 1.38 bits per heavy atom. The molecule has 2 heterocycles. The highest BCUT2D eigenvalue weighted by molar-refractivity contribution is 6.32. The number of nitrogens with one attached hydrogen (secondary N) is 1. The number of amides is 1. The molecule has 3 N–H and O–H groups in total. The number of hydrogen-bond acceptors (Lipinski definition) is 6. The fourth-order valence-corrected chi connectivity index (χ4v) is 3.07. The SMILES string of the molecule is NC(=O)O[C@H]1CCC[C@@H](Nc2ncc(Cl)c(-c3cccnc3)n2)C1. The lowest BCUT2D eigenvalue weighted by Gasteiger charge is -2.29. The number of hydrogen-bond donors (Lipinski definition) is 2. The van der Waals surface area contributed by atoms with Gasteiger partial charge >= 0.3 is 6.09 Å². The second-order valence-corrected chi connectivity index (χ2v) is 6.11. The van der Waals surface area contributed by atoms with Gasteiger partial charge in [-0.05, 0) is 31.4 Å². The van der Waals surface area contributed by atoms with Crippen LogP contribution in [0.4, 0.5) is 10.7 Å². The Hall–Kier alpha value is -2.41. The van der Waals surface area contributed by atoms with Crippen molar-refractivity contribution in [2.45, 2.75) is 37.8 Å². The largest absolute Gasteiger partial charge is 0.446 e. The van der Waals surface area contributed by atoms with E-state index in [1.54, 1.807) is 18.6 Å². The van der Waals surface area contributed by atoms with E-state index in [0.717, 1.165) is 24.8 Å². The smallest absolute Gasteiger partial charge is 0.404 e. The Morgan fingerprint density at radius 3 is 3.00 bits per heavy atom. The molecule has 8 heteroatoms. The summed E-state index contributed by atoms with van der Waals surface area (Å²) in [6, 6.07) is 3.84. The molecule has 0 aromatic carbocycles. The highest BCUT2D eigenvalue weighted by Gasteiger charge is 2.25. The van der Waals surface area contributed by atoms with Gasteiger partial charge in [0.25, 0.3) is 0 Å². The number of nitrogens with two attached hydrogens (primary N) is 1. The van der Waals surface area contributed by atoms with Crippen molar-refractivity contribution in [2.75, 3.05) is 5.32 Å². The third-order valence-electron chi connectivity index (χ3n) is 3.92. The van der Waals surface area contributed by atoms with E-state index in [9.17, 15) is 4.79 Å². The van der Waals surface area contributed by atoms with Crippen molar-refractivity contribution in [1.29, 1.82) is 0 Å². The number of nitrogens with zero attached hydrogens (tertiary/aromatic N) is 3. The maximum atomic E-state index is 10.9. The molecule has 3 rings (SSSR count). The quantitative estimate of drug-likeness (QED) is 0.881. The zero-order valence-electron chi connectivity index (χ0n) is 13.0. The molecule has 7 nitrogen and oxygen atoms in total. The Labute approximate surface area is 144 Å². The maximum absolute atomic E-state index is 10.9. The van der Waals surface area contributed by atoms with Crippen LogP contribution in [-0.4, -0.2) is 33.2 Å². The normalized spacial score (nSPS) is 20.4. The van der Waals surface area contributed by atoms with Crippen LogP contribution >= 0.6 is 11.6 Å². The topological polar surface area (TPSA) is 103 Å². The molecule has 0 radical (unpaired) electrons. The van der Waals surface area contributed by atoms with Crippen LogP contribution in [0.3, 0.4) is 0 Å². The first kappa shape index (κ1) is 16.4. The summed E-state index contributed by atoms with van der Waals surface area (Å²) in [7, 11) is 0. The molecule has 0 unspecified atom stereocenters. The van der Waals surface area contributed by atoms with Crippen molar-refractivity contribution in [3.05, 3.63) is 35.7 Å². The Bertz CT molecular complexity index is 713. The van der Waals surface area contributed by atoms with E-state index in [1.165, 1.54) is 0 Å². The van der Waals surface area contributed by atoms with Crippen LogP contribution in [0.15, 0.2) is 30.7 Å². The zero-order valence-corrected chi connectivity index (χ0v) is 13.7. The van der Waals surface area contributed by atoms with Gasteiger partial charge in [-0.25, -0.2) is 14.8 Å². The van der Waals surface area contributed by atoms with E-state index in [1.807, 2.05) is 12.1 Å². The number of ether oxygens (including phenoxy) is 1. The van der Waals surface area contributed by atoms with Crippen LogP contribution in [0, 0.1) is 0 Å². The summed E-state index contributed by atoms with van der Waals surface area (Å²) in [4.78, 5) is 23.7. The third-order valence-corrected chi connectivity index (χ3v) is 4.20. The first-order chi connectivity index (χ1) is 11.6. The van der Waals surface area contributed by atoms with E-state index in [4.69, 9.17) is 22.1 Å². The minimum Gasteiger partial charge on any atom is -0.446 e. The summed E-state index contributed by atoms with van der Waals surface area (Å²) in [5.41, 5.74) is 6.55. The lowest BCUT2D eigenvalue weighted by molar-refractivity contribution is 0.0796. The van der Waals surface area contributed by atoms with Crippen molar-refractivity contribution in [2.24, 2.45) is 5.73 Å². The van der Waals surface area contributed by atoms with Crippen LogP contribution < -0.4 is 11.1 Å². The summed E-state index contributed by atoms with van der Waals surface area (Å²) in [5.74, 6) is 0.489. The average molecular weight is 348 g/mol. The molecule has 2 aromatic heterocycles. The standard InChI is InChI=1S/C16H18ClN5O2/c17-13-9-20-16(22-14(13)10-3-2-6-19-8-10)21-11-4-1-5-12(7-11)24-15(18)23/h2-3,6,8-9,11-12H,1,4-5,7H2,(H2,18,23)(H,20,21,22)/t11-,12+/m1/s1. The van der Waals surface area contributed by atoms with Crippen molar-refractivity contribution >= 4 is 23.6 Å². The number of halogens is 1. The lowest BCUT2D eigenvalue weighted by atomic mass is 9.93. The van der Waals surface area contributed by atoms with E-state index >= 15 is 0 Å². The first-order valence-electron chi connectivity index (χ1n) is 7.77. The Kier molecular flexibility index (Phi) is 5.10. The lowest BCUT2D eigenvalue weighted by Crippen LogP contribution is -2.34. The van der Waals surface area contributed by atoms with Crippen molar-refractivity contribution in [1.82, 2.24) is 15.0 Å². The van der Waals surface area contributed by atoms with Crippen LogP contribution in [0.25, 0.3) is 11.3 Å². The Morgan fingerprint density at radius 2 is 2.25 bits per heavy atom. The van der Waals surface area contributed by atoms with Crippen LogP contribution in [-0.2, 0) is 4.74 Å². The number of primary amides is 1. The third kappa shape index (κ3) is 4.11. The van der Waals surface area contributed by atoms with E-state index < -0.39 is 6.09 Å². The number of aromatic nitrogens is 3. The fourth-order valence-electron chi connectivity index (χ4n) is 2.87. The van der Waals surface area contributed by atoms with Gasteiger partial charge in [0.1, 0.15) is 6.10 Å². The van der Waals surface area contributed by atoms with Crippen molar-refractivity contribution in [3.8, 4) is 11.3 Å². The zero-order chi connectivity index (χ0) is 16.9. The van der Waals surface area contributed by atoms with Gasteiger partial charge in [0, 0.05) is 30.4 Å². The van der Waals surface area contributed by atoms with Crippen LogP contribution in [0.2, 0.25) is 5.02 Å². The van der Waals surface area contributed by atoms with Crippen molar-refractivity contribution < 1.29 is 9.53 Å². The minimum atomic E-state index is -0.734. The molecule has 0 aliphatic heterocycles. The summed E-state index contributed by atoms with van der Waals surface area (Å²) in [5, 5.41) is 3.75. The molecule has 1 aliphatic carbocycles. The predicted molar refractivity (Wildman–Crippen MR) is 90.6 cm³/mol. The highest BCUT2D eigenvalue weighted by atomic mass is 35.5. The monoisotopic (exact) mass is 347 g/mol.